The van der Waals surface area contributed by atoms with Crippen LogP contribution < -0.4 is 10.7 Å². The van der Waals surface area contributed by atoms with Crippen molar-refractivity contribution in [1.29, 1.82) is 0 Å². The molecule has 0 atom stereocenters. The maximum atomic E-state index is 11.6. The van der Waals surface area contributed by atoms with Crippen molar-refractivity contribution in [3.8, 4) is 0 Å². The van der Waals surface area contributed by atoms with E-state index >= 15 is 0 Å². The monoisotopic (exact) mass is 304 g/mol. The zero-order chi connectivity index (χ0) is 15.1. The van der Waals surface area contributed by atoms with Gasteiger partial charge in [-0.1, -0.05) is 11.3 Å². The van der Waals surface area contributed by atoms with Crippen molar-refractivity contribution < 1.29 is 9.59 Å². The van der Waals surface area contributed by atoms with Crippen LogP contribution in [0.3, 0.4) is 0 Å². The third kappa shape index (κ3) is 5.07. The van der Waals surface area contributed by atoms with Gasteiger partial charge in [-0.25, -0.2) is 5.43 Å². The van der Waals surface area contributed by atoms with Gasteiger partial charge in [0.25, 0.3) is 0 Å². The van der Waals surface area contributed by atoms with Crippen LogP contribution >= 0.6 is 11.3 Å². The van der Waals surface area contributed by atoms with E-state index in [1.807, 2.05) is 0 Å². The highest BCUT2D eigenvalue weighted by Crippen LogP contribution is 2.15. The van der Waals surface area contributed by atoms with Gasteiger partial charge in [-0.3, -0.25) is 14.6 Å². The zero-order valence-corrected chi connectivity index (χ0v) is 11.9. The van der Waals surface area contributed by atoms with Gasteiger partial charge in [-0.15, -0.1) is 10.2 Å². The Hall–Kier alpha value is -2.68. The first-order valence-corrected chi connectivity index (χ1v) is 6.77. The van der Waals surface area contributed by atoms with Gasteiger partial charge < -0.3 is 5.32 Å². The summed E-state index contributed by atoms with van der Waals surface area (Å²) in [6, 6.07) is 3.53. The molecule has 0 aliphatic carbocycles. The fourth-order valence-electron chi connectivity index (χ4n) is 1.33. The molecule has 2 heterocycles. The van der Waals surface area contributed by atoms with Gasteiger partial charge >= 0.3 is 0 Å². The molecule has 2 aromatic rings. The minimum Gasteiger partial charge on any atom is -0.301 e. The molecule has 21 heavy (non-hydrogen) atoms. The second-order valence-corrected chi connectivity index (χ2v) is 4.99. The summed E-state index contributed by atoms with van der Waals surface area (Å²) in [4.78, 5) is 26.4. The molecule has 2 rings (SSSR count). The number of aromatic nitrogens is 3. The van der Waals surface area contributed by atoms with E-state index < -0.39 is 0 Å². The van der Waals surface area contributed by atoms with Gasteiger partial charge in [-0.05, 0) is 17.7 Å². The Morgan fingerprint density at radius 3 is 2.81 bits per heavy atom. The van der Waals surface area contributed by atoms with Crippen LogP contribution in [0, 0.1) is 0 Å². The number of carbonyl (C=O) groups is 2. The van der Waals surface area contributed by atoms with E-state index in [1.54, 1.807) is 24.5 Å². The number of nitrogens with one attached hydrogen (secondary N) is 2. The number of hydrogen-bond acceptors (Lipinski definition) is 7. The molecule has 0 aliphatic heterocycles. The van der Waals surface area contributed by atoms with Gasteiger partial charge in [0, 0.05) is 19.3 Å². The van der Waals surface area contributed by atoms with Crippen LogP contribution in [-0.4, -0.2) is 33.2 Å². The molecule has 0 saturated carbocycles. The first-order valence-electron chi connectivity index (χ1n) is 5.95. The molecule has 0 bridgehead atoms. The van der Waals surface area contributed by atoms with Crippen molar-refractivity contribution in [2.45, 2.75) is 13.3 Å². The van der Waals surface area contributed by atoms with Crippen LogP contribution in [0.25, 0.3) is 0 Å². The number of hydrogen-bond donors (Lipinski definition) is 2. The largest absolute Gasteiger partial charge is 0.301 e. The lowest BCUT2D eigenvalue weighted by Gasteiger charge is -1.96. The Morgan fingerprint density at radius 2 is 2.10 bits per heavy atom. The van der Waals surface area contributed by atoms with Crippen LogP contribution in [0.2, 0.25) is 0 Å². The maximum Gasteiger partial charge on any atom is 0.247 e. The Morgan fingerprint density at radius 1 is 1.33 bits per heavy atom. The number of rotatable bonds is 5. The summed E-state index contributed by atoms with van der Waals surface area (Å²) < 4.78 is 0. The molecule has 2 N–H and O–H groups in total. The summed E-state index contributed by atoms with van der Waals surface area (Å²) in [5.74, 6) is -0.546. The minimum atomic E-state index is -0.314. The molecule has 0 spiro atoms. The average Bonchev–Trinajstić information content (AvgIpc) is 2.86. The van der Waals surface area contributed by atoms with Crippen molar-refractivity contribution in [3.05, 3.63) is 35.1 Å². The fourth-order valence-corrected chi connectivity index (χ4v) is 2.12. The molecular formula is C12H12N6O2S. The molecule has 0 saturated heterocycles. The Kier molecular flexibility index (Phi) is 5.04. The Bertz CT molecular complexity index is 655. The lowest BCUT2D eigenvalue weighted by Crippen LogP contribution is -2.19. The van der Waals surface area contributed by atoms with Crippen LogP contribution in [0.4, 0.5) is 5.13 Å². The topological polar surface area (TPSA) is 109 Å². The Labute approximate surface area is 124 Å². The standard InChI is InChI=1S/C12H12N6O2S/c1-8(19)15-12-18-17-11(21-12)6-10(20)16-14-7-9-2-4-13-5-3-9/h2-5,7H,6H2,1H3,(H,16,20)(H,15,18,19). The van der Waals surface area contributed by atoms with Gasteiger partial charge in [-0.2, -0.15) is 5.10 Å². The lowest BCUT2D eigenvalue weighted by molar-refractivity contribution is -0.120. The fraction of sp³-hybridized carbons (Fsp3) is 0.167. The number of amides is 2. The molecule has 108 valence electrons. The Balaban J connectivity index is 1.83. The summed E-state index contributed by atoms with van der Waals surface area (Å²) in [5, 5.41) is 14.7. The first-order chi connectivity index (χ1) is 10.1. The predicted molar refractivity (Wildman–Crippen MR) is 77.9 cm³/mol. The van der Waals surface area contributed by atoms with Crippen molar-refractivity contribution in [2.75, 3.05) is 5.32 Å². The molecule has 8 nitrogen and oxygen atoms in total. The number of hydrazone groups is 1. The van der Waals surface area contributed by atoms with E-state index in [0.717, 1.165) is 16.9 Å². The normalized spacial score (nSPS) is 10.5. The molecule has 0 unspecified atom stereocenters. The van der Waals surface area contributed by atoms with Crippen LogP contribution in [0.1, 0.15) is 17.5 Å². The molecule has 9 heteroatoms. The van der Waals surface area contributed by atoms with E-state index in [1.165, 1.54) is 13.1 Å². The van der Waals surface area contributed by atoms with E-state index in [-0.39, 0.29) is 18.2 Å². The van der Waals surface area contributed by atoms with Crippen LogP contribution in [0.5, 0.6) is 0 Å². The summed E-state index contributed by atoms with van der Waals surface area (Å²) in [5.41, 5.74) is 3.22. The smallest absolute Gasteiger partial charge is 0.247 e. The molecule has 0 aliphatic rings. The predicted octanol–water partition coefficient (Wildman–Crippen LogP) is 0.584. The number of nitrogens with zero attached hydrogens (tertiary/aromatic N) is 4. The highest BCUT2D eigenvalue weighted by Gasteiger charge is 2.09. The number of carbonyl (C=O) groups excluding carboxylic acids is 2. The van der Waals surface area contributed by atoms with E-state index in [9.17, 15) is 9.59 Å². The van der Waals surface area contributed by atoms with Gasteiger partial charge in [0.1, 0.15) is 5.01 Å². The highest BCUT2D eigenvalue weighted by atomic mass is 32.1. The zero-order valence-electron chi connectivity index (χ0n) is 11.1. The van der Waals surface area contributed by atoms with Gasteiger partial charge in [0.05, 0.1) is 12.6 Å². The molecule has 0 radical (unpaired) electrons. The quantitative estimate of drug-likeness (QED) is 0.620. The molecular weight excluding hydrogens is 292 g/mol. The van der Waals surface area contributed by atoms with Crippen molar-refractivity contribution in [2.24, 2.45) is 5.10 Å². The van der Waals surface area contributed by atoms with Crippen LogP contribution in [0.15, 0.2) is 29.6 Å². The molecule has 0 fully saturated rings. The average molecular weight is 304 g/mol. The maximum absolute atomic E-state index is 11.6. The van der Waals surface area contributed by atoms with Gasteiger partial charge in [0.2, 0.25) is 16.9 Å². The van der Waals surface area contributed by atoms with Crippen molar-refractivity contribution in [3.63, 3.8) is 0 Å². The lowest BCUT2D eigenvalue weighted by atomic mass is 10.3. The van der Waals surface area contributed by atoms with E-state index in [4.69, 9.17) is 0 Å². The number of pyridine rings is 1. The molecule has 0 aromatic carbocycles. The summed E-state index contributed by atoms with van der Waals surface area (Å²) in [7, 11) is 0. The van der Waals surface area contributed by atoms with Crippen molar-refractivity contribution >= 4 is 34.5 Å². The summed E-state index contributed by atoms with van der Waals surface area (Å²) >= 11 is 1.14. The molecule has 2 amide bonds. The number of anilines is 1. The van der Waals surface area contributed by atoms with Crippen molar-refractivity contribution in [1.82, 2.24) is 20.6 Å². The SMILES string of the molecule is CC(=O)Nc1nnc(CC(=O)NN=Cc2ccncc2)s1. The second-order valence-electron chi connectivity index (χ2n) is 3.93. The van der Waals surface area contributed by atoms with Gasteiger partial charge in [0.15, 0.2) is 0 Å². The third-order valence-corrected chi connectivity index (χ3v) is 3.01. The first kappa shape index (κ1) is 14.7. The van der Waals surface area contributed by atoms with E-state index in [2.05, 4.69) is 31.0 Å². The second kappa shape index (κ2) is 7.20. The summed E-state index contributed by atoms with van der Waals surface area (Å²) in [6.07, 6.45) is 4.83. The molecule has 2 aromatic heterocycles. The summed E-state index contributed by atoms with van der Waals surface area (Å²) in [6.45, 7) is 1.38. The minimum absolute atomic E-state index is 0.0466. The third-order valence-electron chi connectivity index (χ3n) is 2.17. The van der Waals surface area contributed by atoms with E-state index in [0.29, 0.717) is 10.1 Å². The van der Waals surface area contributed by atoms with Crippen LogP contribution in [-0.2, 0) is 16.0 Å². The highest BCUT2D eigenvalue weighted by molar-refractivity contribution is 7.15.